The molecule has 0 N–H and O–H groups in total. The lowest BCUT2D eigenvalue weighted by molar-refractivity contribution is 0.434. The average molecular weight is 583 g/mol. The molecule has 0 aliphatic carbocycles. The maximum absolute atomic E-state index is 6.68. The summed E-state index contributed by atoms with van der Waals surface area (Å²) in [6.07, 6.45) is 0. The number of thiophene rings is 1. The van der Waals surface area contributed by atoms with Crippen LogP contribution in [0.15, 0.2) is 162 Å². The second-order valence-corrected chi connectivity index (χ2v) is 12.3. The molecular weight excluding hydrogens is 557 g/mol. The third kappa shape index (κ3) is 3.66. The third-order valence-electron chi connectivity index (χ3n) is 8.87. The van der Waals surface area contributed by atoms with Crippen LogP contribution in [0.1, 0.15) is 22.3 Å². The normalized spacial score (nSPS) is 13.4. The smallest absolute Gasteiger partial charge is 0.136 e. The molecule has 3 heteroatoms. The molecular formula is C41H26O2S. The van der Waals surface area contributed by atoms with Crippen LogP contribution in [-0.2, 0) is 5.41 Å². The molecule has 0 atom stereocenters. The predicted octanol–water partition coefficient (Wildman–Crippen LogP) is 11.5. The molecule has 0 amide bonds. The Labute approximate surface area is 259 Å². The molecule has 0 spiro atoms. The van der Waals surface area contributed by atoms with Gasteiger partial charge in [0.15, 0.2) is 0 Å². The van der Waals surface area contributed by atoms with Crippen molar-refractivity contribution in [3.63, 3.8) is 0 Å². The average Bonchev–Trinajstić information content (AvgIpc) is 3.73. The second-order valence-electron chi connectivity index (χ2n) is 11.2. The summed E-state index contributed by atoms with van der Waals surface area (Å²) in [7, 11) is 0. The Balaban J connectivity index is 1.21. The van der Waals surface area contributed by atoms with E-state index in [1.54, 1.807) is 0 Å². The van der Waals surface area contributed by atoms with Crippen LogP contribution in [0.4, 0.5) is 0 Å². The summed E-state index contributed by atoms with van der Waals surface area (Å²) in [6.45, 7) is 0. The third-order valence-corrected chi connectivity index (χ3v) is 10.1. The van der Waals surface area contributed by atoms with Gasteiger partial charge in [-0.3, -0.25) is 0 Å². The van der Waals surface area contributed by atoms with Crippen LogP contribution in [0.5, 0.6) is 11.5 Å². The van der Waals surface area contributed by atoms with Gasteiger partial charge in [0.05, 0.1) is 5.41 Å². The zero-order valence-corrected chi connectivity index (χ0v) is 24.6. The van der Waals surface area contributed by atoms with Gasteiger partial charge in [-0.15, -0.1) is 11.3 Å². The van der Waals surface area contributed by atoms with Gasteiger partial charge in [0.1, 0.15) is 23.0 Å². The van der Waals surface area contributed by atoms with Crippen LogP contribution in [0, 0.1) is 0 Å². The van der Waals surface area contributed by atoms with E-state index in [9.17, 15) is 0 Å². The molecule has 0 saturated carbocycles. The zero-order valence-electron chi connectivity index (χ0n) is 23.7. The summed E-state index contributed by atoms with van der Waals surface area (Å²) in [6, 6.07) is 55.7. The standard InChI is InChI=1S/C41H26O2S/c1-3-12-28(13-4-1)41(29-14-5-2-6-15-29)33-19-8-9-20-37(33)43-38-26-27(22-23-34(38)41)35-24-25-36(42-35)32-18-11-17-31-30-16-7-10-21-39(30)44-40(31)32/h1-26H. The SMILES string of the molecule is c1ccc(C2(c3ccccc3)c3ccccc3Oc3cc(-c4ccc(-c5cccc6c5sc5ccccc56)o4)ccc32)cc1. The second kappa shape index (κ2) is 9.84. The number of rotatable bonds is 4. The highest BCUT2D eigenvalue weighted by atomic mass is 32.1. The fraction of sp³-hybridized carbons (Fsp3) is 0.0244. The Bertz CT molecular complexity index is 2270. The maximum Gasteiger partial charge on any atom is 0.136 e. The van der Waals surface area contributed by atoms with Crippen molar-refractivity contribution in [3.05, 3.63) is 180 Å². The maximum atomic E-state index is 6.68. The lowest BCUT2D eigenvalue weighted by Gasteiger charge is -2.41. The van der Waals surface area contributed by atoms with E-state index in [1.807, 2.05) is 17.4 Å². The van der Waals surface area contributed by atoms with Gasteiger partial charge in [-0.05, 0) is 47.5 Å². The number of furan rings is 1. The molecule has 1 aliphatic heterocycles. The lowest BCUT2D eigenvalue weighted by Crippen LogP contribution is -2.34. The number of hydrogen-bond acceptors (Lipinski definition) is 3. The van der Waals surface area contributed by atoms with Gasteiger partial charge in [-0.25, -0.2) is 0 Å². The number of benzene rings is 6. The first-order valence-electron chi connectivity index (χ1n) is 14.8. The highest BCUT2D eigenvalue weighted by molar-refractivity contribution is 7.26. The molecule has 0 unspecified atom stereocenters. The lowest BCUT2D eigenvalue weighted by atomic mass is 9.63. The summed E-state index contributed by atoms with van der Waals surface area (Å²) in [5.74, 6) is 3.37. The summed E-state index contributed by atoms with van der Waals surface area (Å²) >= 11 is 1.82. The van der Waals surface area contributed by atoms with E-state index in [2.05, 4.69) is 152 Å². The molecule has 2 nitrogen and oxygen atoms in total. The first kappa shape index (κ1) is 25.1. The number of hydrogen-bond donors (Lipinski definition) is 0. The Hall–Kier alpha value is -5.38. The monoisotopic (exact) mass is 582 g/mol. The Morgan fingerprint density at radius 3 is 1.95 bits per heavy atom. The fourth-order valence-electron chi connectivity index (χ4n) is 6.94. The van der Waals surface area contributed by atoms with Crippen molar-refractivity contribution in [2.45, 2.75) is 5.41 Å². The van der Waals surface area contributed by atoms with Crippen molar-refractivity contribution < 1.29 is 9.15 Å². The van der Waals surface area contributed by atoms with Gasteiger partial charge in [0.2, 0.25) is 0 Å². The van der Waals surface area contributed by atoms with E-state index < -0.39 is 5.41 Å². The van der Waals surface area contributed by atoms with Crippen LogP contribution in [-0.4, -0.2) is 0 Å². The van der Waals surface area contributed by atoms with Crippen molar-refractivity contribution in [1.82, 2.24) is 0 Å². The topological polar surface area (TPSA) is 22.4 Å². The molecule has 208 valence electrons. The Kier molecular flexibility index (Phi) is 5.62. The van der Waals surface area contributed by atoms with E-state index in [1.165, 1.54) is 31.3 Å². The molecule has 0 fully saturated rings. The highest BCUT2D eigenvalue weighted by Crippen LogP contribution is 2.55. The van der Waals surface area contributed by atoms with Gasteiger partial charge < -0.3 is 9.15 Å². The van der Waals surface area contributed by atoms with Gasteiger partial charge >= 0.3 is 0 Å². The summed E-state index contributed by atoms with van der Waals surface area (Å²) in [5, 5.41) is 2.55. The summed E-state index contributed by atoms with van der Waals surface area (Å²) in [5.41, 5.74) is 6.21. The minimum atomic E-state index is -0.531. The fourth-order valence-corrected chi connectivity index (χ4v) is 8.16. The summed E-state index contributed by atoms with van der Waals surface area (Å²) < 4.78 is 15.8. The molecule has 0 saturated heterocycles. The molecule has 2 aromatic heterocycles. The highest BCUT2D eigenvalue weighted by Gasteiger charge is 2.45. The molecule has 6 aromatic carbocycles. The quantitative estimate of drug-likeness (QED) is 0.206. The molecule has 9 rings (SSSR count). The van der Waals surface area contributed by atoms with Gasteiger partial charge in [0, 0.05) is 42.4 Å². The Morgan fingerprint density at radius 1 is 0.477 bits per heavy atom. The van der Waals surface area contributed by atoms with Gasteiger partial charge in [-0.2, -0.15) is 0 Å². The van der Waals surface area contributed by atoms with Crippen LogP contribution < -0.4 is 4.74 Å². The van der Waals surface area contributed by atoms with Gasteiger partial charge in [-0.1, -0.05) is 121 Å². The van der Waals surface area contributed by atoms with E-state index in [-0.39, 0.29) is 0 Å². The number of fused-ring (bicyclic) bond motifs is 5. The van der Waals surface area contributed by atoms with Crippen molar-refractivity contribution in [1.29, 1.82) is 0 Å². The molecule has 8 aromatic rings. The van der Waals surface area contributed by atoms with E-state index in [4.69, 9.17) is 9.15 Å². The largest absolute Gasteiger partial charge is 0.457 e. The Morgan fingerprint density at radius 2 is 1.14 bits per heavy atom. The van der Waals surface area contributed by atoms with Crippen LogP contribution in [0.25, 0.3) is 42.8 Å². The molecule has 0 radical (unpaired) electrons. The van der Waals surface area contributed by atoms with E-state index >= 15 is 0 Å². The molecule has 3 heterocycles. The number of para-hydroxylation sites is 1. The van der Waals surface area contributed by atoms with Crippen LogP contribution >= 0.6 is 11.3 Å². The minimum absolute atomic E-state index is 0.531. The van der Waals surface area contributed by atoms with Crippen molar-refractivity contribution in [2.24, 2.45) is 0 Å². The van der Waals surface area contributed by atoms with Crippen LogP contribution in [0.2, 0.25) is 0 Å². The predicted molar refractivity (Wildman–Crippen MR) is 181 cm³/mol. The van der Waals surface area contributed by atoms with Crippen molar-refractivity contribution >= 4 is 31.5 Å². The van der Waals surface area contributed by atoms with Crippen LogP contribution in [0.3, 0.4) is 0 Å². The van der Waals surface area contributed by atoms with Crippen molar-refractivity contribution in [2.75, 3.05) is 0 Å². The van der Waals surface area contributed by atoms with E-state index in [0.717, 1.165) is 45.3 Å². The molecule has 0 bridgehead atoms. The first-order valence-corrected chi connectivity index (χ1v) is 15.7. The van der Waals surface area contributed by atoms with Crippen molar-refractivity contribution in [3.8, 4) is 34.1 Å². The molecule has 44 heavy (non-hydrogen) atoms. The number of ether oxygens (including phenoxy) is 1. The first-order chi connectivity index (χ1) is 21.8. The zero-order chi connectivity index (χ0) is 29.1. The summed E-state index contributed by atoms with van der Waals surface area (Å²) in [4.78, 5) is 0. The minimum Gasteiger partial charge on any atom is -0.457 e. The molecule has 1 aliphatic rings. The van der Waals surface area contributed by atoms with E-state index in [0.29, 0.717) is 0 Å². The van der Waals surface area contributed by atoms with Gasteiger partial charge in [0.25, 0.3) is 0 Å².